The maximum Gasteiger partial charge on any atom is 0.250 e. The number of carbonyl (C=O) groups excluding carboxylic acids is 1. The number of thiophene rings is 1. The number of aromatic amines is 1. The zero-order valence-electron chi connectivity index (χ0n) is 20.3. The van der Waals surface area contributed by atoms with Gasteiger partial charge >= 0.3 is 0 Å². The van der Waals surface area contributed by atoms with E-state index < -0.39 is 15.9 Å². The van der Waals surface area contributed by atoms with Crippen molar-refractivity contribution in [3.8, 4) is 11.1 Å². The number of fused-ring (bicyclic) bond motifs is 1. The lowest BCUT2D eigenvalue weighted by molar-refractivity contribution is 0.100. The van der Waals surface area contributed by atoms with E-state index in [2.05, 4.69) is 36.3 Å². The average Bonchev–Trinajstić information content (AvgIpc) is 3.45. The highest BCUT2D eigenvalue weighted by atomic mass is 32.2. The first kappa shape index (κ1) is 24.9. The molecule has 1 amide bonds. The Morgan fingerprint density at radius 1 is 1.21 bits per heavy atom. The van der Waals surface area contributed by atoms with Crippen LogP contribution < -0.4 is 5.73 Å². The quantitative estimate of drug-likeness (QED) is 0.405. The first-order chi connectivity index (χ1) is 16.2. The number of aromatic nitrogens is 1. The fourth-order valence-corrected chi connectivity index (χ4v) is 7.00. The molecule has 1 fully saturated rings. The number of aryl methyl sites for hydroxylation is 1. The van der Waals surface area contributed by atoms with E-state index in [0.29, 0.717) is 24.6 Å². The van der Waals surface area contributed by atoms with Crippen molar-refractivity contribution < 1.29 is 13.2 Å². The lowest BCUT2D eigenvalue weighted by Crippen LogP contribution is -2.38. The normalized spacial score (nSPS) is 16.0. The second-order valence-electron chi connectivity index (χ2n) is 9.72. The Balaban J connectivity index is 1.63. The number of piperidine rings is 1. The topological polar surface area (TPSA) is 96.3 Å². The number of nitrogens with one attached hydrogen (secondary N) is 1. The number of rotatable bonds is 9. The molecule has 1 saturated heterocycles. The molecular formula is C26H35N3O3S2. The van der Waals surface area contributed by atoms with Crippen molar-refractivity contribution in [3.63, 3.8) is 0 Å². The average molecular weight is 502 g/mol. The largest absolute Gasteiger partial charge is 0.366 e. The lowest BCUT2D eigenvalue weighted by atomic mass is 9.88. The van der Waals surface area contributed by atoms with Crippen molar-refractivity contribution in [1.82, 2.24) is 9.29 Å². The van der Waals surface area contributed by atoms with Gasteiger partial charge in [-0.3, -0.25) is 4.79 Å². The fraction of sp³-hybridized carbons (Fsp3) is 0.500. The number of hydrogen-bond donors (Lipinski definition) is 2. The van der Waals surface area contributed by atoms with Crippen molar-refractivity contribution in [1.29, 1.82) is 0 Å². The van der Waals surface area contributed by atoms with Gasteiger partial charge in [0.05, 0.1) is 16.8 Å². The third-order valence-corrected chi connectivity index (χ3v) is 9.81. The SMILES string of the molecule is CCS(=O)(=O)N1CCC(c2c[nH]c3c(C(N)=O)cc(-c4csc(CCCC(C)C)c4)cc23)CC1. The smallest absolute Gasteiger partial charge is 0.250 e. The fourth-order valence-electron chi connectivity index (χ4n) is 4.93. The molecule has 3 heterocycles. The molecule has 3 N–H and O–H groups in total. The van der Waals surface area contributed by atoms with Gasteiger partial charge < -0.3 is 10.7 Å². The van der Waals surface area contributed by atoms with Gasteiger partial charge in [-0.25, -0.2) is 12.7 Å². The van der Waals surface area contributed by atoms with E-state index in [1.54, 1.807) is 22.6 Å². The van der Waals surface area contributed by atoms with E-state index in [1.807, 2.05) is 12.3 Å². The number of amides is 1. The molecule has 1 aromatic carbocycles. The van der Waals surface area contributed by atoms with Crippen molar-refractivity contribution in [2.24, 2.45) is 11.7 Å². The molecule has 0 aliphatic carbocycles. The Kier molecular flexibility index (Phi) is 7.50. The maximum absolute atomic E-state index is 12.3. The molecule has 1 aliphatic heterocycles. The summed E-state index contributed by atoms with van der Waals surface area (Å²) in [6.45, 7) is 7.25. The minimum Gasteiger partial charge on any atom is -0.366 e. The molecule has 0 saturated carbocycles. The molecule has 34 heavy (non-hydrogen) atoms. The minimum atomic E-state index is -3.16. The summed E-state index contributed by atoms with van der Waals surface area (Å²) in [6.07, 6.45) is 6.97. The predicted molar refractivity (Wildman–Crippen MR) is 141 cm³/mol. The second kappa shape index (κ2) is 10.2. The highest BCUT2D eigenvalue weighted by Gasteiger charge is 2.29. The third kappa shape index (κ3) is 5.24. The molecule has 3 aromatic rings. The summed E-state index contributed by atoms with van der Waals surface area (Å²) >= 11 is 1.77. The van der Waals surface area contributed by atoms with Crippen molar-refractivity contribution in [3.05, 3.63) is 45.8 Å². The summed E-state index contributed by atoms with van der Waals surface area (Å²) in [5, 5.41) is 3.17. The van der Waals surface area contributed by atoms with E-state index >= 15 is 0 Å². The molecule has 0 radical (unpaired) electrons. The molecule has 0 atom stereocenters. The van der Waals surface area contributed by atoms with E-state index in [1.165, 1.54) is 17.7 Å². The van der Waals surface area contributed by atoms with Crippen LogP contribution in [0.25, 0.3) is 22.0 Å². The number of primary amides is 1. The zero-order valence-corrected chi connectivity index (χ0v) is 21.9. The van der Waals surface area contributed by atoms with E-state index in [-0.39, 0.29) is 11.7 Å². The predicted octanol–water partition coefficient (Wildman–Crippen LogP) is 5.50. The molecular weight excluding hydrogens is 466 g/mol. The summed E-state index contributed by atoms with van der Waals surface area (Å²) < 4.78 is 26.1. The van der Waals surface area contributed by atoms with Crippen LogP contribution in [0.5, 0.6) is 0 Å². The van der Waals surface area contributed by atoms with Crippen LogP contribution in [0.4, 0.5) is 0 Å². The number of benzene rings is 1. The number of hydrogen-bond acceptors (Lipinski definition) is 4. The van der Waals surface area contributed by atoms with Crippen LogP contribution in [0.2, 0.25) is 0 Å². The molecule has 6 nitrogen and oxygen atoms in total. The second-order valence-corrected chi connectivity index (χ2v) is 13.0. The molecule has 8 heteroatoms. The number of H-pyrrole nitrogens is 1. The van der Waals surface area contributed by atoms with E-state index in [0.717, 1.165) is 46.9 Å². The Morgan fingerprint density at radius 3 is 2.59 bits per heavy atom. The van der Waals surface area contributed by atoms with E-state index in [4.69, 9.17) is 5.73 Å². The Labute approximate surface area is 206 Å². The van der Waals surface area contributed by atoms with Gasteiger partial charge in [-0.15, -0.1) is 11.3 Å². The van der Waals surface area contributed by atoms with Crippen LogP contribution >= 0.6 is 11.3 Å². The van der Waals surface area contributed by atoms with Crippen LogP contribution in [0.15, 0.2) is 29.8 Å². The van der Waals surface area contributed by atoms with Gasteiger partial charge in [0.15, 0.2) is 0 Å². The molecule has 0 bridgehead atoms. The summed E-state index contributed by atoms with van der Waals surface area (Å²) in [6, 6.07) is 6.28. The maximum atomic E-state index is 12.3. The Hall–Kier alpha value is -2.16. The summed E-state index contributed by atoms with van der Waals surface area (Å²) in [5.74, 6) is 0.635. The molecule has 0 unspecified atom stereocenters. The summed E-state index contributed by atoms with van der Waals surface area (Å²) in [5.41, 5.74) is 10.3. The standard InChI is InChI=1S/C26H35N3O3S2/c1-4-34(31,32)29-10-8-18(9-11-29)24-15-28-25-22(24)13-19(14-23(25)26(27)30)20-12-21(33-16-20)7-5-6-17(2)3/h12-18,28H,4-11H2,1-3H3,(H2,27,30). The van der Waals surface area contributed by atoms with Crippen molar-refractivity contribution in [2.75, 3.05) is 18.8 Å². The molecule has 1 aliphatic rings. The summed E-state index contributed by atoms with van der Waals surface area (Å²) in [4.78, 5) is 16.9. The number of nitrogens with zero attached hydrogens (tertiary/aromatic N) is 1. The third-order valence-electron chi connectivity index (χ3n) is 6.93. The zero-order chi connectivity index (χ0) is 24.5. The lowest BCUT2D eigenvalue weighted by Gasteiger charge is -2.31. The minimum absolute atomic E-state index is 0.135. The van der Waals surface area contributed by atoms with Gasteiger partial charge in [-0.2, -0.15) is 0 Å². The van der Waals surface area contributed by atoms with Gasteiger partial charge in [0, 0.05) is 29.5 Å². The number of carbonyl (C=O) groups is 1. The molecule has 2 aromatic heterocycles. The molecule has 184 valence electrons. The highest BCUT2D eigenvalue weighted by Crippen LogP contribution is 2.38. The van der Waals surface area contributed by atoms with Crippen LogP contribution in [0.3, 0.4) is 0 Å². The molecule has 0 spiro atoms. The Bertz CT molecular complexity index is 1270. The van der Waals surface area contributed by atoms with Crippen molar-refractivity contribution in [2.45, 2.75) is 58.8 Å². The van der Waals surface area contributed by atoms with Gasteiger partial charge in [0.25, 0.3) is 5.91 Å². The van der Waals surface area contributed by atoms with E-state index in [9.17, 15) is 13.2 Å². The number of nitrogens with two attached hydrogens (primary N) is 1. The first-order valence-electron chi connectivity index (χ1n) is 12.2. The highest BCUT2D eigenvalue weighted by molar-refractivity contribution is 7.89. The Morgan fingerprint density at radius 2 is 1.94 bits per heavy atom. The van der Waals surface area contributed by atoms with Gasteiger partial charge in [-0.1, -0.05) is 20.3 Å². The van der Waals surface area contributed by atoms with Crippen molar-refractivity contribution >= 4 is 38.2 Å². The monoisotopic (exact) mass is 501 g/mol. The van der Waals surface area contributed by atoms with Gasteiger partial charge in [-0.05, 0) is 84.7 Å². The van der Waals surface area contributed by atoms with Crippen LogP contribution in [-0.4, -0.2) is 42.5 Å². The van der Waals surface area contributed by atoms with Crippen LogP contribution in [0, 0.1) is 5.92 Å². The first-order valence-corrected chi connectivity index (χ1v) is 14.7. The van der Waals surface area contributed by atoms with Crippen LogP contribution in [-0.2, 0) is 16.4 Å². The van der Waals surface area contributed by atoms with Gasteiger partial charge in [0.2, 0.25) is 10.0 Å². The molecule has 4 rings (SSSR count). The summed E-state index contributed by atoms with van der Waals surface area (Å²) in [7, 11) is -3.16. The number of sulfonamides is 1. The van der Waals surface area contributed by atoms with Gasteiger partial charge in [0.1, 0.15) is 0 Å². The van der Waals surface area contributed by atoms with Crippen LogP contribution in [0.1, 0.15) is 73.2 Å².